The van der Waals surface area contributed by atoms with Crippen LogP contribution in [0.4, 0.5) is 5.69 Å². The van der Waals surface area contributed by atoms with E-state index >= 15 is 0 Å². The fourth-order valence-corrected chi connectivity index (χ4v) is 4.95. The molecule has 1 amide bonds. The lowest BCUT2D eigenvalue weighted by molar-refractivity contribution is 0.103. The topological polar surface area (TPSA) is 80.2 Å². The third-order valence-electron chi connectivity index (χ3n) is 5.71. The summed E-state index contributed by atoms with van der Waals surface area (Å²) in [4.78, 5) is 29.0. The van der Waals surface area contributed by atoms with Crippen LogP contribution in [0.1, 0.15) is 44.6 Å². The standard InChI is InChI=1S/C24H29N5O2S/c1-15-22(16(2)26-14-25-15)20-13-19(28-24(30)23-17(3)27-18(4)32-23)7-8-21(20)31-12-11-29-9-5-6-10-29/h7-8,13-14H,5-6,9-12H2,1-4H3,(H,28,30). The number of aromatic nitrogens is 3. The van der Waals surface area contributed by atoms with Gasteiger partial charge in [0.25, 0.3) is 5.91 Å². The van der Waals surface area contributed by atoms with Crippen molar-refractivity contribution in [1.82, 2.24) is 19.9 Å². The van der Waals surface area contributed by atoms with Gasteiger partial charge in [-0.15, -0.1) is 11.3 Å². The zero-order valence-electron chi connectivity index (χ0n) is 19.1. The molecule has 1 fully saturated rings. The Hall–Kier alpha value is -2.84. The molecule has 3 heterocycles. The molecule has 4 rings (SSSR count). The number of nitrogens with zero attached hydrogens (tertiary/aromatic N) is 4. The van der Waals surface area contributed by atoms with Crippen LogP contribution in [0.25, 0.3) is 11.1 Å². The summed E-state index contributed by atoms with van der Waals surface area (Å²) in [6.45, 7) is 11.5. The Morgan fingerprint density at radius 2 is 1.81 bits per heavy atom. The summed E-state index contributed by atoms with van der Waals surface area (Å²) in [5.74, 6) is 0.618. The maximum absolute atomic E-state index is 12.8. The highest BCUT2D eigenvalue weighted by atomic mass is 32.1. The number of benzene rings is 1. The van der Waals surface area contributed by atoms with Crippen LogP contribution in [0, 0.1) is 27.7 Å². The predicted octanol–water partition coefficient (Wildman–Crippen LogP) is 4.56. The summed E-state index contributed by atoms with van der Waals surface area (Å²) in [5.41, 5.74) is 5.01. The number of nitrogens with one attached hydrogen (secondary N) is 1. The second kappa shape index (κ2) is 9.75. The Balaban J connectivity index is 1.61. The molecule has 1 N–H and O–H groups in total. The monoisotopic (exact) mass is 451 g/mol. The molecule has 0 unspecified atom stereocenters. The van der Waals surface area contributed by atoms with E-state index in [4.69, 9.17) is 4.74 Å². The summed E-state index contributed by atoms with van der Waals surface area (Å²) < 4.78 is 6.21. The molecule has 3 aromatic rings. The van der Waals surface area contributed by atoms with Gasteiger partial charge in [-0.2, -0.15) is 0 Å². The molecule has 0 bridgehead atoms. The second-order valence-corrected chi connectivity index (χ2v) is 9.33. The number of likely N-dealkylation sites (tertiary alicyclic amines) is 1. The van der Waals surface area contributed by atoms with Crippen molar-refractivity contribution in [3.63, 3.8) is 0 Å². The number of hydrogen-bond acceptors (Lipinski definition) is 7. The molecular formula is C24H29N5O2S. The molecule has 32 heavy (non-hydrogen) atoms. The van der Waals surface area contributed by atoms with Gasteiger partial charge in [-0.05, 0) is 71.8 Å². The molecule has 168 valence electrons. The number of thiazole rings is 1. The number of aryl methyl sites for hydroxylation is 4. The molecule has 0 radical (unpaired) electrons. The lowest BCUT2D eigenvalue weighted by Crippen LogP contribution is -2.25. The van der Waals surface area contributed by atoms with Gasteiger partial charge in [0.1, 0.15) is 23.6 Å². The first-order valence-electron chi connectivity index (χ1n) is 11.0. The predicted molar refractivity (Wildman–Crippen MR) is 128 cm³/mol. The highest BCUT2D eigenvalue weighted by Crippen LogP contribution is 2.36. The normalized spacial score (nSPS) is 14.0. The highest BCUT2D eigenvalue weighted by molar-refractivity contribution is 7.13. The van der Waals surface area contributed by atoms with Crippen molar-refractivity contribution >= 4 is 22.9 Å². The van der Waals surface area contributed by atoms with Crippen molar-refractivity contribution < 1.29 is 9.53 Å². The molecule has 0 spiro atoms. The first-order chi connectivity index (χ1) is 15.4. The van der Waals surface area contributed by atoms with E-state index in [9.17, 15) is 4.79 Å². The smallest absolute Gasteiger partial charge is 0.267 e. The van der Waals surface area contributed by atoms with Gasteiger partial charge in [-0.25, -0.2) is 15.0 Å². The summed E-state index contributed by atoms with van der Waals surface area (Å²) in [6, 6.07) is 5.75. The van der Waals surface area contributed by atoms with E-state index in [2.05, 4.69) is 25.2 Å². The number of rotatable bonds is 7. The molecule has 8 heteroatoms. The number of amides is 1. The van der Waals surface area contributed by atoms with Gasteiger partial charge in [0.15, 0.2) is 0 Å². The molecule has 0 atom stereocenters. The SMILES string of the molecule is Cc1nc(C)c(C(=O)Nc2ccc(OCCN3CCCC3)c(-c3c(C)ncnc3C)c2)s1. The fourth-order valence-electron chi connectivity index (χ4n) is 4.13. The molecular weight excluding hydrogens is 422 g/mol. The van der Waals surface area contributed by atoms with Crippen molar-refractivity contribution in [3.05, 3.63) is 51.5 Å². The Morgan fingerprint density at radius 1 is 1.09 bits per heavy atom. The Morgan fingerprint density at radius 3 is 2.47 bits per heavy atom. The zero-order chi connectivity index (χ0) is 22.7. The van der Waals surface area contributed by atoms with Crippen LogP contribution in [0.15, 0.2) is 24.5 Å². The van der Waals surface area contributed by atoms with E-state index in [-0.39, 0.29) is 5.91 Å². The second-order valence-electron chi connectivity index (χ2n) is 8.13. The summed E-state index contributed by atoms with van der Waals surface area (Å²) in [7, 11) is 0. The zero-order valence-corrected chi connectivity index (χ0v) is 19.9. The summed E-state index contributed by atoms with van der Waals surface area (Å²) >= 11 is 1.40. The molecule has 7 nitrogen and oxygen atoms in total. The molecule has 1 aliphatic rings. The van der Waals surface area contributed by atoms with Gasteiger partial charge in [-0.1, -0.05) is 0 Å². The van der Waals surface area contributed by atoms with Crippen LogP contribution in [-0.4, -0.2) is 52.0 Å². The first-order valence-corrected chi connectivity index (χ1v) is 11.8. The van der Waals surface area contributed by atoms with Crippen LogP contribution in [0.3, 0.4) is 0 Å². The molecule has 1 saturated heterocycles. The number of ether oxygens (including phenoxy) is 1. The summed E-state index contributed by atoms with van der Waals surface area (Å²) in [5, 5.41) is 3.89. The van der Waals surface area contributed by atoms with Gasteiger partial charge < -0.3 is 10.1 Å². The molecule has 2 aromatic heterocycles. The minimum atomic E-state index is -0.153. The van der Waals surface area contributed by atoms with E-state index in [1.165, 1.54) is 24.2 Å². The van der Waals surface area contributed by atoms with Gasteiger partial charge >= 0.3 is 0 Å². The highest BCUT2D eigenvalue weighted by Gasteiger charge is 2.18. The Labute approximate surface area is 192 Å². The first kappa shape index (κ1) is 22.4. The Kier molecular flexibility index (Phi) is 6.81. The van der Waals surface area contributed by atoms with E-state index in [0.29, 0.717) is 17.2 Å². The van der Waals surface area contributed by atoms with Gasteiger partial charge in [0.2, 0.25) is 0 Å². The number of hydrogen-bond donors (Lipinski definition) is 1. The van der Waals surface area contributed by atoms with Crippen molar-refractivity contribution in [3.8, 4) is 16.9 Å². The van der Waals surface area contributed by atoms with Crippen LogP contribution < -0.4 is 10.1 Å². The minimum absolute atomic E-state index is 0.153. The lowest BCUT2D eigenvalue weighted by Gasteiger charge is -2.18. The average molecular weight is 452 g/mol. The van der Waals surface area contributed by atoms with E-state index in [0.717, 1.165) is 58.6 Å². The molecule has 0 saturated carbocycles. The van der Waals surface area contributed by atoms with E-state index in [1.54, 1.807) is 6.33 Å². The van der Waals surface area contributed by atoms with Crippen LogP contribution in [0.2, 0.25) is 0 Å². The van der Waals surface area contributed by atoms with Crippen molar-refractivity contribution in [2.45, 2.75) is 40.5 Å². The molecule has 0 aliphatic carbocycles. The van der Waals surface area contributed by atoms with Gasteiger partial charge in [0.05, 0.1) is 10.7 Å². The summed E-state index contributed by atoms with van der Waals surface area (Å²) in [6.07, 6.45) is 4.10. The number of carbonyl (C=O) groups is 1. The third kappa shape index (κ3) is 4.97. The quantitative estimate of drug-likeness (QED) is 0.567. The average Bonchev–Trinajstić information content (AvgIpc) is 3.38. The third-order valence-corrected chi connectivity index (χ3v) is 6.78. The lowest BCUT2D eigenvalue weighted by atomic mass is 10.0. The maximum Gasteiger partial charge on any atom is 0.267 e. The number of anilines is 1. The number of carbonyl (C=O) groups excluding carboxylic acids is 1. The van der Waals surface area contributed by atoms with Crippen LogP contribution in [0.5, 0.6) is 5.75 Å². The van der Waals surface area contributed by atoms with Gasteiger partial charge in [-0.3, -0.25) is 9.69 Å². The maximum atomic E-state index is 12.8. The van der Waals surface area contributed by atoms with Crippen LogP contribution >= 0.6 is 11.3 Å². The molecule has 1 aromatic carbocycles. The van der Waals surface area contributed by atoms with Crippen molar-refractivity contribution in [1.29, 1.82) is 0 Å². The van der Waals surface area contributed by atoms with Gasteiger partial charge in [0, 0.05) is 34.7 Å². The van der Waals surface area contributed by atoms with Crippen molar-refractivity contribution in [2.75, 3.05) is 31.6 Å². The largest absolute Gasteiger partial charge is 0.492 e. The van der Waals surface area contributed by atoms with E-state index < -0.39 is 0 Å². The minimum Gasteiger partial charge on any atom is -0.492 e. The Bertz CT molecular complexity index is 1100. The van der Waals surface area contributed by atoms with E-state index in [1.807, 2.05) is 45.9 Å². The molecule has 1 aliphatic heterocycles. The van der Waals surface area contributed by atoms with Crippen molar-refractivity contribution in [2.24, 2.45) is 0 Å². The fraction of sp³-hybridized carbons (Fsp3) is 0.417. The van der Waals surface area contributed by atoms with Crippen LogP contribution in [-0.2, 0) is 0 Å².